The van der Waals surface area contributed by atoms with Gasteiger partial charge in [-0.15, -0.1) is 11.3 Å². The van der Waals surface area contributed by atoms with Gasteiger partial charge in [0.15, 0.2) is 0 Å². The molecular formula is C14H13Cl2NO3S. The van der Waals surface area contributed by atoms with Crippen LogP contribution in [0.2, 0.25) is 10.0 Å². The first-order valence-electron chi connectivity index (χ1n) is 6.28. The Balaban J connectivity index is 2.16. The summed E-state index contributed by atoms with van der Waals surface area (Å²) in [6.45, 7) is 1.76. The van der Waals surface area contributed by atoms with Gasteiger partial charge in [0.1, 0.15) is 4.88 Å². The number of carbonyl (C=O) groups is 2. The molecule has 0 saturated carbocycles. The smallest absolute Gasteiger partial charge is 0.303 e. The van der Waals surface area contributed by atoms with Crippen molar-refractivity contribution in [2.75, 3.05) is 0 Å². The van der Waals surface area contributed by atoms with E-state index in [9.17, 15) is 9.59 Å². The molecule has 1 aromatic heterocycles. The zero-order valence-corrected chi connectivity index (χ0v) is 13.5. The summed E-state index contributed by atoms with van der Waals surface area (Å²) >= 11 is 13.4. The van der Waals surface area contributed by atoms with Crippen LogP contribution in [-0.4, -0.2) is 23.0 Å². The zero-order valence-electron chi connectivity index (χ0n) is 11.2. The van der Waals surface area contributed by atoms with Gasteiger partial charge in [0.25, 0.3) is 5.91 Å². The Morgan fingerprint density at radius 2 is 2.10 bits per heavy atom. The quantitative estimate of drug-likeness (QED) is 0.853. The van der Waals surface area contributed by atoms with Crippen molar-refractivity contribution in [3.8, 4) is 0 Å². The fourth-order valence-corrected chi connectivity index (χ4v) is 3.58. The number of thiophene rings is 1. The van der Waals surface area contributed by atoms with Crippen molar-refractivity contribution in [3.63, 3.8) is 0 Å². The average Bonchev–Trinajstić information content (AvgIpc) is 2.73. The molecule has 2 rings (SSSR count). The molecule has 0 saturated heterocycles. The van der Waals surface area contributed by atoms with E-state index in [1.165, 1.54) is 11.3 Å². The first kappa shape index (κ1) is 16.1. The number of carbonyl (C=O) groups excluding carboxylic acids is 1. The number of hydrogen-bond acceptors (Lipinski definition) is 3. The van der Waals surface area contributed by atoms with Crippen molar-refractivity contribution in [3.05, 3.63) is 33.1 Å². The second kappa shape index (κ2) is 6.64. The largest absolute Gasteiger partial charge is 0.481 e. The zero-order chi connectivity index (χ0) is 15.6. The number of hydrogen-bond donors (Lipinski definition) is 2. The van der Waals surface area contributed by atoms with Crippen molar-refractivity contribution in [2.24, 2.45) is 0 Å². The molecule has 0 fully saturated rings. The van der Waals surface area contributed by atoms with Crippen LogP contribution in [0.1, 0.15) is 29.4 Å². The lowest BCUT2D eigenvalue weighted by Gasteiger charge is -2.11. The number of carboxylic acids is 1. The van der Waals surface area contributed by atoms with Gasteiger partial charge in [-0.25, -0.2) is 0 Å². The highest BCUT2D eigenvalue weighted by molar-refractivity contribution is 7.21. The summed E-state index contributed by atoms with van der Waals surface area (Å²) in [4.78, 5) is 23.1. The molecule has 1 atom stereocenters. The molecule has 0 aliphatic rings. The van der Waals surface area contributed by atoms with E-state index in [-0.39, 0.29) is 18.4 Å². The first-order chi connectivity index (χ1) is 9.88. The van der Waals surface area contributed by atoms with Gasteiger partial charge >= 0.3 is 5.97 Å². The van der Waals surface area contributed by atoms with Crippen LogP contribution < -0.4 is 5.32 Å². The molecule has 0 aliphatic heterocycles. The maximum Gasteiger partial charge on any atom is 0.303 e. The molecule has 112 valence electrons. The van der Waals surface area contributed by atoms with Crippen LogP contribution in [-0.2, 0) is 4.79 Å². The maximum absolute atomic E-state index is 12.2. The van der Waals surface area contributed by atoms with Gasteiger partial charge in [0, 0.05) is 27.6 Å². The average molecular weight is 346 g/mol. The molecule has 1 heterocycles. The van der Waals surface area contributed by atoms with Gasteiger partial charge in [-0.05, 0) is 25.5 Å². The van der Waals surface area contributed by atoms with Gasteiger partial charge in [0.2, 0.25) is 0 Å². The molecule has 0 radical (unpaired) electrons. The predicted molar refractivity (Wildman–Crippen MR) is 85.6 cm³/mol. The number of benzene rings is 1. The highest BCUT2D eigenvalue weighted by atomic mass is 35.5. The highest BCUT2D eigenvalue weighted by Crippen LogP contribution is 2.36. The van der Waals surface area contributed by atoms with E-state index in [4.69, 9.17) is 28.3 Å². The summed E-state index contributed by atoms with van der Waals surface area (Å²) in [5.41, 5.74) is 0. The first-order valence-corrected chi connectivity index (χ1v) is 7.86. The Hall–Kier alpha value is -1.30. The minimum absolute atomic E-state index is 0.0111. The van der Waals surface area contributed by atoms with Crippen LogP contribution in [0.5, 0.6) is 0 Å². The molecule has 2 aromatic rings. The number of carboxylic acid groups (broad SMARTS) is 1. The van der Waals surface area contributed by atoms with Gasteiger partial charge in [0.05, 0.1) is 5.02 Å². The molecule has 1 aromatic carbocycles. The van der Waals surface area contributed by atoms with Gasteiger partial charge in [-0.2, -0.15) is 0 Å². The molecule has 0 aliphatic carbocycles. The third kappa shape index (κ3) is 3.87. The number of fused-ring (bicyclic) bond motifs is 1. The lowest BCUT2D eigenvalue weighted by atomic mass is 10.2. The van der Waals surface area contributed by atoms with Gasteiger partial charge in [-0.1, -0.05) is 29.3 Å². The Bertz CT molecular complexity index is 699. The molecule has 1 amide bonds. The Morgan fingerprint density at radius 1 is 1.38 bits per heavy atom. The fraction of sp³-hybridized carbons (Fsp3) is 0.286. The van der Waals surface area contributed by atoms with E-state index in [0.717, 1.165) is 10.1 Å². The maximum atomic E-state index is 12.2. The second-order valence-electron chi connectivity index (χ2n) is 4.69. The third-order valence-corrected chi connectivity index (χ3v) is 4.86. The predicted octanol–water partition coefficient (Wildman–Crippen LogP) is 4.19. The Kier molecular flexibility index (Phi) is 5.08. The van der Waals surface area contributed by atoms with Crippen molar-refractivity contribution in [2.45, 2.75) is 25.8 Å². The van der Waals surface area contributed by atoms with Crippen LogP contribution in [0.3, 0.4) is 0 Å². The lowest BCUT2D eigenvalue weighted by molar-refractivity contribution is -0.137. The van der Waals surface area contributed by atoms with E-state index in [1.807, 2.05) is 0 Å². The van der Waals surface area contributed by atoms with E-state index >= 15 is 0 Å². The summed E-state index contributed by atoms with van der Waals surface area (Å²) in [7, 11) is 0. The van der Waals surface area contributed by atoms with Crippen molar-refractivity contribution < 1.29 is 14.7 Å². The van der Waals surface area contributed by atoms with Crippen LogP contribution in [0.15, 0.2) is 18.2 Å². The Morgan fingerprint density at radius 3 is 2.76 bits per heavy atom. The van der Waals surface area contributed by atoms with Crippen molar-refractivity contribution in [1.82, 2.24) is 5.32 Å². The molecule has 4 nitrogen and oxygen atoms in total. The standard InChI is InChI=1S/C14H13Cl2NO3S/c1-7(2-5-11(18)19)17-14(20)13-12(16)9-4-3-8(15)6-10(9)21-13/h3-4,6-7H,2,5H2,1H3,(H,17,20)(H,18,19). The minimum Gasteiger partial charge on any atom is -0.481 e. The number of halogens is 2. The van der Waals surface area contributed by atoms with Crippen LogP contribution >= 0.6 is 34.5 Å². The highest BCUT2D eigenvalue weighted by Gasteiger charge is 2.19. The van der Waals surface area contributed by atoms with Crippen molar-refractivity contribution in [1.29, 1.82) is 0 Å². The van der Waals surface area contributed by atoms with E-state index in [1.54, 1.807) is 25.1 Å². The molecule has 1 unspecified atom stereocenters. The van der Waals surface area contributed by atoms with Crippen LogP contribution in [0, 0.1) is 0 Å². The fourth-order valence-electron chi connectivity index (χ4n) is 1.89. The molecule has 7 heteroatoms. The summed E-state index contributed by atoms with van der Waals surface area (Å²) in [6.07, 6.45) is 0.382. The van der Waals surface area contributed by atoms with E-state index in [2.05, 4.69) is 5.32 Å². The minimum atomic E-state index is -0.884. The number of rotatable bonds is 5. The van der Waals surface area contributed by atoms with Gasteiger partial charge < -0.3 is 10.4 Å². The number of nitrogens with one attached hydrogen (secondary N) is 1. The molecule has 0 spiro atoms. The summed E-state index contributed by atoms with van der Waals surface area (Å²) in [5.74, 6) is -1.18. The molecule has 21 heavy (non-hydrogen) atoms. The number of aliphatic carboxylic acids is 1. The molecule has 2 N–H and O–H groups in total. The van der Waals surface area contributed by atoms with Crippen LogP contribution in [0.4, 0.5) is 0 Å². The van der Waals surface area contributed by atoms with Crippen molar-refractivity contribution >= 4 is 56.5 Å². The van der Waals surface area contributed by atoms with E-state index < -0.39 is 5.97 Å². The topological polar surface area (TPSA) is 66.4 Å². The monoisotopic (exact) mass is 345 g/mol. The van der Waals surface area contributed by atoms with E-state index in [0.29, 0.717) is 21.3 Å². The SMILES string of the molecule is CC(CCC(=O)O)NC(=O)c1sc2cc(Cl)ccc2c1Cl. The second-order valence-corrected chi connectivity index (χ2v) is 6.56. The third-order valence-electron chi connectivity index (χ3n) is 2.97. The number of amides is 1. The van der Waals surface area contributed by atoms with Crippen LogP contribution in [0.25, 0.3) is 10.1 Å². The summed E-state index contributed by atoms with van der Waals surface area (Å²) < 4.78 is 0.843. The van der Waals surface area contributed by atoms with Gasteiger partial charge in [-0.3, -0.25) is 9.59 Å². The lowest BCUT2D eigenvalue weighted by Crippen LogP contribution is -2.32. The summed E-state index contributed by atoms with van der Waals surface area (Å²) in [6, 6.07) is 5.03. The molecule has 0 bridgehead atoms. The molecular weight excluding hydrogens is 333 g/mol. The normalized spacial score (nSPS) is 12.3. The summed E-state index contributed by atoms with van der Waals surface area (Å²) in [5, 5.41) is 13.2. The Labute approximate surface area is 135 Å².